The van der Waals surface area contributed by atoms with Gasteiger partial charge in [0.15, 0.2) is 24.2 Å². The Bertz CT molecular complexity index is 869. The molecule has 0 bridgehead atoms. The van der Waals surface area contributed by atoms with Crippen LogP contribution >= 0.6 is 0 Å². The minimum atomic E-state index is -0.289. The zero-order chi connectivity index (χ0) is 14.4. The molecule has 0 radical (unpaired) electrons. The van der Waals surface area contributed by atoms with Crippen molar-refractivity contribution in [2.24, 2.45) is 0 Å². The van der Waals surface area contributed by atoms with Crippen molar-refractivity contribution in [3.8, 4) is 11.5 Å². The maximum absolute atomic E-state index is 13.6. The smallest absolute Gasteiger partial charge is 0.231 e. The molecule has 6 heteroatoms. The molecule has 1 aliphatic rings. The zero-order valence-electron chi connectivity index (χ0n) is 11.6. The molecule has 4 rings (SSSR count). The van der Waals surface area contributed by atoms with Gasteiger partial charge in [0, 0.05) is 11.5 Å². The molecule has 0 unspecified atom stereocenters. The third-order valence-electron chi connectivity index (χ3n) is 3.74. The SMILES string of the molecule is OCC[n+]1cc2cc3c(cc2c2cc(F)ccc21)OCO3.[Br-]. The molecule has 1 aliphatic heterocycles. The lowest BCUT2D eigenvalue weighted by Crippen LogP contribution is -3.00. The minimum absolute atomic E-state index is 0. The molecule has 0 saturated carbocycles. The molecule has 3 aromatic rings. The Kier molecular flexibility index (Phi) is 3.88. The van der Waals surface area contributed by atoms with Crippen molar-refractivity contribution in [1.29, 1.82) is 0 Å². The van der Waals surface area contributed by atoms with Crippen LogP contribution in [0.3, 0.4) is 0 Å². The van der Waals surface area contributed by atoms with E-state index >= 15 is 0 Å². The number of pyridine rings is 1. The minimum Gasteiger partial charge on any atom is -1.00 e. The molecule has 22 heavy (non-hydrogen) atoms. The molecule has 0 amide bonds. The molecule has 114 valence electrons. The summed E-state index contributed by atoms with van der Waals surface area (Å²) in [7, 11) is 0. The monoisotopic (exact) mass is 365 g/mol. The molecular weight excluding hydrogens is 353 g/mol. The summed E-state index contributed by atoms with van der Waals surface area (Å²) in [6, 6.07) is 8.42. The molecule has 1 N–H and O–H groups in total. The normalized spacial score (nSPS) is 12.6. The van der Waals surface area contributed by atoms with Crippen molar-refractivity contribution >= 4 is 21.7 Å². The Morgan fingerprint density at radius 3 is 2.64 bits per heavy atom. The van der Waals surface area contributed by atoms with Gasteiger partial charge in [-0.1, -0.05) is 0 Å². The number of aliphatic hydroxyl groups excluding tert-OH is 1. The molecule has 1 aromatic heterocycles. The number of aromatic nitrogens is 1. The first-order valence-electron chi connectivity index (χ1n) is 6.72. The second-order valence-corrected chi connectivity index (χ2v) is 5.00. The number of aliphatic hydroxyl groups is 1. The average molecular weight is 366 g/mol. The third-order valence-corrected chi connectivity index (χ3v) is 3.74. The van der Waals surface area contributed by atoms with Crippen LogP contribution in [-0.2, 0) is 6.54 Å². The first-order valence-corrected chi connectivity index (χ1v) is 6.72. The summed E-state index contributed by atoms with van der Waals surface area (Å²) in [4.78, 5) is 0. The number of halogens is 2. The highest BCUT2D eigenvalue weighted by Crippen LogP contribution is 2.37. The fourth-order valence-electron chi connectivity index (χ4n) is 2.80. The van der Waals surface area contributed by atoms with Crippen LogP contribution in [0.15, 0.2) is 36.5 Å². The highest BCUT2D eigenvalue weighted by Gasteiger charge is 2.19. The van der Waals surface area contributed by atoms with Crippen LogP contribution in [-0.4, -0.2) is 18.5 Å². The number of hydrogen-bond acceptors (Lipinski definition) is 3. The van der Waals surface area contributed by atoms with E-state index in [1.165, 1.54) is 12.1 Å². The summed E-state index contributed by atoms with van der Waals surface area (Å²) < 4.78 is 26.3. The topological polar surface area (TPSA) is 42.6 Å². The van der Waals surface area contributed by atoms with Crippen LogP contribution in [0, 0.1) is 5.82 Å². The van der Waals surface area contributed by atoms with E-state index in [0.29, 0.717) is 18.0 Å². The quantitative estimate of drug-likeness (QED) is 0.475. The first kappa shape index (κ1) is 15.0. The van der Waals surface area contributed by atoms with E-state index in [1.54, 1.807) is 6.07 Å². The van der Waals surface area contributed by atoms with Crippen LogP contribution in [0.2, 0.25) is 0 Å². The molecule has 0 spiro atoms. The van der Waals surface area contributed by atoms with Gasteiger partial charge in [-0.05, 0) is 24.3 Å². The van der Waals surface area contributed by atoms with Gasteiger partial charge >= 0.3 is 0 Å². The second-order valence-electron chi connectivity index (χ2n) is 5.00. The summed E-state index contributed by atoms with van der Waals surface area (Å²) >= 11 is 0. The number of ether oxygens (including phenoxy) is 2. The Labute approximate surface area is 136 Å². The van der Waals surface area contributed by atoms with Crippen molar-refractivity contribution in [1.82, 2.24) is 0 Å². The van der Waals surface area contributed by atoms with E-state index in [2.05, 4.69) is 0 Å². The lowest BCUT2D eigenvalue weighted by Gasteiger charge is -2.06. The molecule has 0 aliphatic carbocycles. The van der Waals surface area contributed by atoms with Crippen molar-refractivity contribution < 1.29 is 40.5 Å². The largest absolute Gasteiger partial charge is 1.00 e. The maximum atomic E-state index is 13.6. The van der Waals surface area contributed by atoms with Gasteiger partial charge in [0.2, 0.25) is 12.3 Å². The molecule has 0 atom stereocenters. The Morgan fingerprint density at radius 1 is 1.09 bits per heavy atom. The first-order chi connectivity index (χ1) is 10.3. The van der Waals surface area contributed by atoms with Gasteiger partial charge in [0.05, 0.1) is 10.8 Å². The van der Waals surface area contributed by atoms with E-state index in [-0.39, 0.29) is 36.2 Å². The fourth-order valence-corrected chi connectivity index (χ4v) is 2.80. The zero-order valence-corrected chi connectivity index (χ0v) is 13.1. The highest BCUT2D eigenvalue weighted by molar-refractivity contribution is 6.05. The molecule has 0 fully saturated rings. The molecule has 0 saturated heterocycles. The highest BCUT2D eigenvalue weighted by atomic mass is 79.9. The van der Waals surface area contributed by atoms with Gasteiger partial charge in [0.1, 0.15) is 12.4 Å². The summed E-state index contributed by atoms with van der Waals surface area (Å²) in [5.41, 5.74) is 0.872. The summed E-state index contributed by atoms with van der Waals surface area (Å²) in [5, 5.41) is 11.8. The van der Waals surface area contributed by atoms with Gasteiger partial charge in [-0.15, -0.1) is 0 Å². The van der Waals surface area contributed by atoms with Gasteiger partial charge in [-0.3, -0.25) is 0 Å². The van der Waals surface area contributed by atoms with Gasteiger partial charge in [0.25, 0.3) is 0 Å². The number of hydrogen-bond donors (Lipinski definition) is 1. The number of fused-ring (bicyclic) bond motifs is 4. The van der Waals surface area contributed by atoms with E-state index in [1.807, 2.05) is 22.9 Å². The van der Waals surface area contributed by atoms with Crippen LogP contribution in [0.1, 0.15) is 0 Å². The molecule has 4 nitrogen and oxygen atoms in total. The second kappa shape index (κ2) is 5.70. The van der Waals surface area contributed by atoms with Crippen LogP contribution < -0.4 is 31.0 Å². The van der Waals surface area contributed by atoms with Crippen LogP contribution in [0.25, 0.3) is 21.7 Å². The van der Waals surface area contributed by atoms with Crippen molar-refractivity contribution in [2.45, 2.75) is 6.54 Å². The van der Waals surface area contributed by atoms with Crippen LogP contribution in [0.5, 0.6) is 11.5 Å². The summed E-state index contributed by atoms with van der Waals surface area (Å²) in [5.74, 6) is 1.07. The van der Waals surface area contributed by atoms with Crippen molar-refractivity contribution in [3.05, 3.63) is 42.3 Å². The van der Waals surface area contributed by atoms with Crippen molar-refractivity contribution in [3.63, 3.8) is 0 Å². The molecular formula is C16H13BrFNO3. The number of nitrogens with zero attached hydrogens (tertiary/aromatic N) is 1. The predicted octanol–water partition coefficient (Wildman–Crippen LogP) is -0.855. The average Bonchev–Trinajstić information content (AvgIpc) is 2.93. The van der Waals surface area contributed by atoms with E-state index < -0.39 is 0 Å². The van der Waals surface area contributed by atoms with Gasteiger partial charge in [-0.25, -0.2) is 4.39 Å². The third kappa shape index (κ3) is 2.28. The fraction of sp³-hybridized carbons (Fsp3) is 0.188. The maximum Gasteiger partial charge on any atom is 0.231 e. The number of benzene rings is 2. The Balaban J connectivity index is 0.00000144. The summed E-state index contributed by atoms with van der Waals surface area (Å²) in [6.07, 6.45) is 1.94. The predicted molar refractivity (Wildman–Crippen MR) is 74.8 cm³/mol. The van der Waals surface area contributed by atoms with Gasteiger partial charge < -0.3 is 31.6 Å². The van der Waals surface area contributed by atoms with Crippen molar-refractivity contribution in [2.75, 3.05) is 13.4 Å². The Hall–Kier alpha value is -1.92. The lowest BCUT2D eigenvalue weighted by atomic mass is 10.1. The Morgan fingerprint density at radius 2 is 1.86 bits per heavy atom. The molecule has 2 aromatic carbocycles. The van der Waals surface area contributed by atoms with Crippen LogP contribution in [0.4, 0.5) is 4.39 Å². The van der Waals surface area contributed by atoms with E-state index in [9.17, 15) is 9.50 Å². The molecule has 2 heterocycles. The number of rotatable bonds is 2. The standard InChI is InChI=1S/C16H13FNO3.BrH/c17-11-1-2-14-13(6-11)12-7-16-15(20-9-21-16)5-10(12)8-18(14)3-4-19;/h1-2,5-8,19H,3-4,9H2;1H/q+1;/p-1. The summed E-state index contributed by atoms with van der Waals surface area (Å²) in [6.45, 7) is 0.675. The van der Waals surface area contributed by atoms with E-state index in [4.69, 9.17) is 9.47 Å². The van der Waals surface area contributed by atoms with Gasteiger partial charge in [-0.2, -0.15) is 4.57 Å². The lowest BCUT2D eigenvalue weighted by molar-refractivity contribution is -0.671. The van der Waals surface area contributed by atoms with E-state index in [0.717, 1.165) is 21.7 Å².